The molecular formula is C20H30O4. The highest BCUT2D eigenvalue weighted by molar-refractivity contribution is 5.90. The van der Waals surface area contributed by atoms with Gasteiger partial charge < -0.3 is 14.9 Å². The van der Waals surface area contributed by atoms with Crippen molar-refractivity contribution in [1.82, 2.24) is 0 Å². The Kier molecular flexibility index (Phi) is 6.41. The summed E-state index contributed by atoms with van der Waals surface area (Å²) < 4.78 is 5.38. The lowest BCUT2D eigenvalue weighted by Crippen LogP contribution is -2.38. The van der Waals surface area contributed by atoms with Gasteiger partial charge in [0, 0.05) is 11.5 Å². The Labute approximate surface area is 144 Å². The van der Waals surface area contributed by atoms with E-state index in [9.17, 15) is 15.0 Å². The molecule has 4 nitrogen and oxygen atoms in total. The number of allylic oxidation sites excluding steroid dienone is 2. The van der Waals surface area contributed by atoms with Crippen molar-refractivity contribution in [2.45, 2.75) is 70.7 Å². The normalized spacial score (nSPS) is 38.8. The van der Waals surface area contributed by atoms with E-state index in [4.69, 9.17) is 4.74 Å². The number of hydrogen-bond acceptors (Lipinski definition) is 4. The molecule has 0 unspecified atom stereocenters. The molecule has 2 N–H and O–H groups in total. The number of carbonyl (C=O) groups excluding carboxylic acids is 1. The lowest BCUT2D eigenvalue weighted by Gasteiger charge is -2.29. The monoisotopic (exact) mass is 334 g/mol. The van der Waals surface area contributed by atoms with Gasteiger partial charge in [0.1, 0.15) is 6.10 Å². The first kappa shape index (κ1) is 18.9. The Morgan fingerprint density at radius 2 is 1.96 bits per heavy atom. The Bertz CT molecular complexity index is 534. The first-order chi connectivity index (χ1) is 11.3. The minimum absolute atomic E-state index is 0.0206. The van der Waals surface area contributed by atoms with E-state index in [-0.39, 0.29) is 11.8 Å². The van der Waals surface area contributed by atoms with Gasteiger partial charge in [-0.25, -0.2) is 4.79 Å². The fraction of sp³-hybridized carbons (Fsp3) is 0.650. The topological polar surface area (TPSA) is 66.8 Å². The van der Waals surface area contributed by atoms with Crippen LogP contribution in [0.2, 0.25) is 0 Å². The van der Waals surface area contributed by atoms with Gasteiger partial charge in [-0.2, -0.15) is 0 Å². The second kappa shape index (κ2) is 8.13. The Hall–Kier alpha value is -1.39. The number of fused-ring (bicyclic) bond motifs is 1. The molecule has 24 heavy (non-hydrogen) atoms. The van der Waals surface area contributed by atoms with E-state index in [2.05, 4.69) is 26.2 Å². The largest absolute Gasteiger partial charge is 0.456 e. The van der Waals surface area contributed by atoms with E-state index >= 15 is 0 Å². The predicted molar refractivity (Wildman–Crippen MR) is 94.3 cm³/mol. The van der Waals surface area contributed by atoms with Crippen LogP contribution in [0, 0.1) is 11.8 Å². The van der Waals surface area contributed by atoms with Crippen LogP contribution in [-0.2, 0) is 9.53 Å². The second-order valence-corrected chi connectivity index (χ2v) is 7.36. The standard InChI is InChI=1S/C20H30O4/c1-12-7-5-9-13(2)17(21)11-16-15(4)20(23)24-19(16)18(22)14(3)10-6-8-12/h7,14,16-19,21-22H,2,4-6,8-11H2,1,3H3/b12-7+/t14-,16-,17-,18+,19+/m0/s1. The molecule has 1 fully saturated rings. The summed E-state index contributed by atoms with van der Waals surface area (Å²) in [6.45, 7) is 11.9. The van der Waals surface area contributed by atoms with Crippen molar-refractivity contribution in [2.75, 3.05) is 0 Å². The summed E-state index contributed by atoms with van der Waals surface area (Å²) >= 11 is 0. The molecule has 0 saturated carbocycles. The average molecular weight is 334 g/mol. The van der Waals surface area contributed by atoms with Gasteiger partial charge in [0.15, 0.2) is 0 Å². The van der Waals surface area contributed by atoms with Gasteiger partial charge in [-0.05, 0) is 56.9 Å². The Morgan fingerprint density at radius 1 is 1.25 bits per heavy atom. The molecule has 0 aromatic carbocycles. The third-order valence-electron chi connectivity index (χ3n) is 5.41. The van der Waals surface area contributed by atoms with Crippen LogP contribution in [0.25, 0.3) is 0 Å². The van der Waals surface area contributed by atoms with Crippen LogP contribution >= 0.6 is 0 Å². The van der Waals surface area contributed by atoms with Crippen molar-refractivity contribution in [3.8, 4) is 0 Å². The number of hydrogen-bond donors (Lipinski definition) is 2. The van der Waals surface area contributed by atoms with Crippen LogP contribution in [0.15, 0.2) is 36.0 Å². The van der Waals surface area contributed by atoms with Crippen LogP contribution in [0.5, 0.6) is 0 Å². The van der Waals surface area contributed by atoms with Crippen molar-refractivity contribution in [3.63, 3.8) is 0 Å². The molecule has 134 valence electrons. The molecule has 1 saturated heterocycles. The van der Waals surface area contributed by atoms with Gasteiger partial charge in [-0.15, -0.1) is 0 Å². The van der Waals surface area contributed by atoms with Crippen molar-refractivity contribution < 1.29 is 19.7 Å². The Balaban J connectivity index is 2.22. The van der Waals surface area contributed by atoms with E-state index in [0.717, 1.165) is 37.7 Å². The quantitative estimate of drug-likeness (QED) is 0.405. The molecular weight excluding hydrogens is 304 g/mol. The van der Waals surface area contributed by atoms with Gasteiger partial charge >= 0.3 is 5.97 Å². The number of rotatable bonds is 0. The fourth-order valence-electron chi connectivity index (χ4n) is 3.59. The van der Waals surface area contributed by atoms with E-state index in [1.165, 1.54) is 5.57 Å². The van der Waals surface area contributed by atoms with Crippen LogP contribution in [-0.4, -0.2) is 34.5 Å². The van der Waals surface area contributed by atoms with Crippen molar-refractivity contribution in [2.24, 2.45) is 11.8 Å². The highest BCUT2D eigenvalue weighted by Gasteiger charge is 2.44. The summed E-state index contributed by atoms with van der Waals surface area (Å²) in [6, 6.07) is 0. The zero-order chi connectivity index (χ0) is 17.9. The smallest absolute Gasteiger partial charge is 0.334 e. The predicted octanol–water partition coefficient (Wildman–Crippen LogP) is 3.30. The van der Waals surface area contributed by atoms with Crippen LogP contribution in [0.4, 0.5) is 0 Å². The van der Waals surface area contributed by atoms with Crippen molar-refractivity contribution >= 4 is 5.97 Å². The number of aliphatic hydroxyl groups excluding tert-OH is 2. The summed E-state index contributed by atoms with van der Waals surface area (Å²) in [7, 11) is 0. The average Bonchev–Trinajstić information content (AvgIpc) is 2.81. The minimum Gasteiger partial charge on any atom is -0.456 e. The number of ether oxygens (including phenoxy) is 1. The molecule has 0 bridgehead atoms. The zero-order valence-corrected chi connectivity index (χ0v) is 14.8. The number of aliphatic hydroxyl groups is 2. The molecule has 0 radical (unpaired) electrons. The molecule has 2 aliphatic rings. The molecule has 4 heteroatoms. The fourth-order valence-corrected chi connectivity index (χ4v) is 3.59. The SMILES string of the molecule is C=C1CC/C=C(\C)CCC[C@H](C)[C@@H](O)[C@@H]2OC(=O)C(=C)[C@@H]2C[C@@H]1O. The molecule has 2 rings (SSSR count). The van der Waals surface area contributed by atoms with Gasteiger partial charge in [0.2, 0.25) is 0 Å². The zero-order valence-electron chi connectivity index (χ0n) is 14.8. The van der Waals surface area contributed by atoms with Crippen LogP contribution < -0.4 is 0 Å². The molecule has 0 aromatic rings. The summed E-state index contributed by atoms with van der Waals surface area (Å²) in [5, 5.41) is 21.1. The van der Waals surface area contributed by atoms with Crippen molar-refractivity contribution in [3.05, 3.63) is 36.0 Å². The highest BCUT2D eigenvalue weighted by Crippen LogP contribution is 2.36. The van der Waals surface area contributed by atoms with Crippen LogP contribution in [0.1, 0.15) is 52.4 Å². The molecule has 1 aliphatic heterocycles. The lowest BCUT2D eigenvalue weighted by molar-refractivity contribution is -0.146. The maximum atomic E-state index is 11.9. The molecule has 5 atom stereocenters. The maximum absolute atomic E-state index is 11.9. The molecule has 0 aromatic heterocycles. The number of carbonyl (C=O) groups is 1. The van der Waals surface area contributed by atoms with E-state index in [1.54, 1.807) is 0 Å². The first-order valence-corrected chi connectivity index (χ1v) is 8.90. The van der Waals surface area contributed by atoms with Crippen LogP contribution in [0.3, 0.4) is 0 Å². The second-order valence-electron chi connectivity index (χ2n) is 7.36. The molecule has 0 amide bonds. The number of esters is 1. The third kappa shape index (κ3) is 4.37. The van der Waals surface area contributed by atoms with E-state index in [0.29, 0.717) is 12.0 Å². The lowest BCUT2D eigenvalue weighted by atomic mass is 9.82. The Morgan fingerprint density at radius 3 is 2.67 bits per heavy atom. The minimum atomic E-state index is -0.745. The van der Waals surface area contributed by atoms with E-state index < -0.39 is 24.3 Å². The maximum Gasteiger partial charge on any atom is 0.334 e. The van der Waals surface area contributed by atoms with Gasteiger partial charge in [0.25, 0.3) is 0 Å². The highest BCUT2D eigenvalue weighted by atomic mass is 16.6. The first-order valence-electron chi connectivity index (χ1n) is 8.90. The van der Waals surface area contributed by atoms with Gasteiger partial charge in [-0.1, -0.05) is 31.7 Å². The summed E-state index contributed by atoms with van der Waals surface area (Å²) in [6.07, 6.45) is 4.88. The van der Waals surface area contributed by atoms with Crippen molar-refractivity contribution in [1.29, 1.82) is 0 Å². The molecule has 0 spiro atoms. The molecule has 1 heterocycles. The summed E-state index contributed by atoms with van der Waals surface area (Å²) in [5.74, 6) is -0.801. The third-order valence-corrected chi connectivity index (χ3v) is 5.41. The van der Waals surface area contributed by atoms with E-state index in [1.807, 2.05) is 6.92 Å². The van der Waals surface area contributed by atoms with Gasteiger partial charge in [0.05, 0.1) is 12.2 Å². The summed E-state index contributed by atoms with van der Waals surface area (Å²) in [4.78, 5) is 11.9. The molecule has 1 aliphatic carbocycles. The summed E-state index contributed by atoms with van der Waals surface area (Å²) in [5.41, 5.74) is 2.43. The van der Waals surface area contributed by atoms with Gasteiger partial charge in [-0.3, -0.25) is 0 Å².